The molecule has 1 N–H and O–H groups in total. The van der Waals surface area contributed by atoms with Crippen LogP contribution in [0.4, 0.5) is 0 Å². The number of likely N-dealkylation sites (tertiary alicyclic amines) is 1. The van der Waals surface area contributed by atoms with Gasteiger partial charge in [-0.1, -0.05) is 6.42 Å². The smallest absolute Gasteiger partial charge is 0.287 e. The third kappa shape index (κ3) is 4.19. The van der Waals surface area contributed by atoms with Crippen molar-refractivity contribution in [3.8, 4) is 0 Å². The number of carbonyl (C=O) groups excluding carboxylic acids is 1. The van der Waals surface area contributed by atoms with Crippen molar-refractivity contribution >= 4 is 16.9 Å². The van der Waals surface area contributed by atoms with Gasteiger partial charge in [0.25, 0.3) is 5.91 Å². The largest absolute Gasteiger partial charge is 0.465 e. The minimum absolute atomic E-state index is 0.0313. The molecule has 0 saturated carbocycles. The van der Waals surface area contributed by atoms with E-state index in [0.29, 0.717) is 17.5 Å². The van der Waals surface area contributed by atoms with Gasteiger partial charge >= 0.3 is 0 Å². The molecular weight excluding hydrogens is 380 g/mol. The molecule has 0 radical (unpaired) electrons. The summed E-state index contributed by atoms with van der Waals surface area (Å²) in [6, 6.07) is 8.77. The highest BCUT2D eigenvalue weighted by molar-refractivity contribution is 5.93. The van der Waals surface area contributed by atoms with Crippen LogP contribution in [-0.2, 0) is 0 Å². The lowest BCUT2D eigenvalue weighted by atomic mass is 10.1. The maximum absolute atomic E-state index is 12.8. The second kappa shape index (κ2) is 8.48. The molecule has 4 rings (SSSR count). The Balaban J connectivity index is 1.56. The molecule has 3 heterocycles. The molecule has 6 nitrogen and oxygen atoms in total. The van der Waals surface area contributed by atoms with E-state index in [1.54, 1.807) is 0 Å². The fourth-order valence-corrected chi connectivity index (χ4v) is 4.07. The number of furan rings is 1. The SMILES string of the molecule is Cc1ccc(C(CNC(=O)c2cc(=O)c3cc(C)c(C)cc3o2)N2CCCCC2)o1. The van der Waals surface area contributed by atoms with E-state index < -0.39 is 5.91 Å². The highest BCUT2D eigenvalue weighted by Gasteiger charge is 2.26. The minimum atomic E-state index is -0.391. The van der Waals surface area contributed by atoms with Crippen LogP contribution < -0.4 is 10.7 Å². The molecule has 0 spiro atoms. The Hall–Kier alpha value is -2.86. The van der Waals surface area contributed by atoms with Crippen LogP contribution in [0.2, 0.25) is 0 Å². The monoisotopic (exact) mass is 408 g/mol. The van der Waals surface area contributed by atoms with Crippen molar-refractivity contribution in [3.05, 3.63) is 69.0 Å². The van der Waals surface area contributed by atoms with E-state index in [-0.39, 0.29) is 17.2 Å². The molecule has 1 atom stereocenters. The number of rotatable bonds is 5. The van der Waals surface area contributed by atoms with Gasteiger partial charge in [-0.15, -0.1) is 0 Å². The standard InChI is InChI=1S/C24H28N2O4/c1-15-11-18-20(27)13-23(30-22(18)12-16(15)2)24(28)25-14-19(21-8-7-17(3)29-21)26-9-5-4-6-10-26/h7-8,11-13,19H,4-6,9-10,14H2,1-3H3,(H,25,28). The van der Waals surface area contributed by atoms with Gasteiger partial charge in [0.15, 0.2) is 11.2 Å². The van der Waals surface area contributed by atoms with Gasteiger partial charge in [-0.25, -0.2) is 0 Å². The lowest BCUT2D eigenvalue weighted by Crippen LogP contribution is -2.40. The summed E-state index contributed by atoms with van der Waals surface area (Å²) in [7, 11) is 0. The van der Waals surface area contributed by atoms with Crippen molar-refractivity contribution in [3.63, 3.8) is 0 Å². The van der Waals surface area contributed by atoms with Crippen molar-refractivity contribution in [1.82, 2.24) is 10.2 Å². The Morgan fingerprint density at radius 1 is 1.03 bits per heavy atom. The number of carbonyl (C=O) groups is 1. The third-order valence-corrected chi connectivity index (χ3v) is 5.94. The number of fused-ring (bicyclic) bond motifs is 1. The van der Waals surface area contributed by atoms with Crippen LogP contribution in [0.5, 0.6) is 0 Å². The maximum atomic E-state index is 12.8. The van der Waals surface area contributed by atoms with E-state index in [9.17, 15) is 9.59 Å². The van der Waals surface area contributed by atoms with Gasteiger partial charge in [-0.2, -0.15) is 0 Å². The molecule has 1 unspecified atom stereocenters. The lowest BCUT2D eigenvalue weighted by Gasteiger charge is -2.33. The summed E-state index contributed by atoms with van der Waals surface area (Å²) in [4.78, 5) is 27.7. The summed E-state index contributed by atoms with van der Waals surface area (Å²) in [5, 5.41) is 3.44. The van der Waals surface area contributed by atoms with Gasteiger partial charge in [0, 0.05) is 12.6 Å². The van der Waals surface area contributed by atoms with Crippen LogP contribution in [0.3, 0.4) is 0 Å². The summed E-state index contributed by atoms with van der Waals surface area (Å²) >= 11 is 0. The fourth-order valence-electron chi connectivity index (χ4n) is 4.07. The zero-order chi connectivity index (χ0) is 21.3. The molecule has 1 aliphatic heterocycles. The maximum Gasteiger partial charge on any atom is 0.287 e. The number of aryl methyl sites for hydroxylation is 3. The predicted molar refractivity (Wildman–Crippen MR) is 116 cm³/mol. The minimum Gasteiger partial charge on any atom is -0.465 e. The zero-order valence-corrected chi connectivity index (χ0v) is 17.8. The van der Waals surface area contributed by atoms with E-state index >= 15 is 0 Å². The molecule has 1 aliphatic rings. The van der Waals surface area contributed by atoms with E-state index in [4.69, 9.17) is 8.83 Å². The first kappa shape index (κ1) is 20.4. The second-order valence-corrected chi connectivity index (χ2v) is 8.18. The highest BCUT2D eigenvalue weighted by Crippen LogP contribution is 2.26. The Kier molecular flexibility index (Phi) is 5.77. The molecule has 30 heavy (non-hydrogen) atoms. The van der Waals surface area contributed by atoms with Gasteiger partial charge in [0.1, 0.15) is 17.1 Å². The van der Waals surface area contributed by atoms with Gasteiger partial charge in [0.2, 0.25) is 0 Å². The number of piperidine rings is 1. The van der Waals surface area contributed by atoms with Crippen LogP contribution in [0.25, 0.3) is 11.0 Å². The topological polar surface area (TPSA) is 75.7 Å². The van der Waals surface area contributed by atoms with Crippen molar-refractivity contribution < 1.29 is 13.6 Å². The van der Waals surface area contributed by atoms with E-state index in [1.807, 2.05) is 45.0 Å². The average molecular weight is 408 g/mol. The Morgan fingerprint density at radius 3 is 2.47 bits per heavy atom. The average Bonchev–Trinajstić information content (AvgIpc) is 3.16. The first-order valence-electron chi connectivity index (χ1n) is 10.6. The van der Waals surface area contributed by atoms with E-state index in [0.717, 1.165) is 48.6 Å². The summed E-state index contributed by atoms with van der Waals surface area (Å²) in [6.07, 6.45) is 3.51. The molecule has 1 aromatic carbocycles. The molecule has 2 aromatic heterocycles. The first-order chi connectivity index (χ1) is 14.4. The fraction of sp³-hybridized carbons (Fsp3) is 0.417. The van der Waals surface area contributed by atoms with Crippen molar-refractivity contribution in [2.24, 2.45) is 0 Å². The third-order valence-electron chi connectivity index (χ3n) is 5.94. The summed E-state index contributed by atoms with van der Waals surface area (Å²) in [6.45, 7) is 8.17. The molecule has 3 aromatic rings. The predicted octanol–water partition coefficient (Wildman–Crippen LogP) is 4.27. The number of amides is 1. The normalized spacial score (nSPS) is 16.0. The number of benzene rings is 1. The van der Waals surface area contributed by atoms with Gasteiger partial charge < -0.3 is 14.2 Å². The molecular formula is C24H28N2O4. The summed E-state index contributed by atoms with van der Waals surface area (Å²) in [5.41, 5.74) is 2.26. The summed E-state index contributed by atoms with van der Waals surface area (Å²) in [5.74, 6) is 1.34. The quantitative estimate of drug-likeness (QED) is 0.682. The van der Waals surface area contributed by atoms with Crippen LogP contribution in [0.1, 0.15) is 58.5 Å². The second-order valence-electron chi connectivity index (χ2n) is 8.18. The number of nitrogens with zero attached hydrogens (tertiary/aromatic N) is 1. The molecule has 0 aliphatic carbocycles. The van der Waals surface area contributed by atoms with Crippen molar-refractivity contribution in [2.45, 2.75) is 46.1 Å². The van der Waals surface area contributed by atoms with Crippen LogP contribution >= 0.6 is 0 Å². The van der Waals surface area contributed by atoms with Crippen LogP contribution in [-0.4, -0.2) is 30.4 Å². The molecule has 158 valence electrons. The molecule has 1 saturated heterocycles. The Morgan fingerprint density at radius 2 is 1.77 bits per heavy atom. The number of nitrogens with one attached hydrogen (secondary N) is 1. The molecule has 0 bridgehead atoms. The lowest BCUT2D eigenvalue weighted by molar-refractivity contribution is 0.0887. The van der Waals surface area contributed by atoms with E-state index in [1.165, 1.54) is 12.5 Å². The van der Waals surface area contributed by atoms with Gasteiger partial charge in [-0.3, -0.25) is 14.5 Å². The van der Waals surface area contributed by atoms with E-state index in [2.05, 4.69) is 10.2 Å². The molecule has 1 fully saturated rings. The highest BCUT2D eigenvalue weighted by atomic mass is 16.3. The van der Waals surface area contributed by atoms with Crippen LogP contribution in [0, 0.1) is 20.8 Å². The number of hydrogen-bond acceptors (Lipinski definition) is 5. The molecule has 1 amide bonds. The Labute approximate surface area is 175 Å². The number of hydrogen-bond donors (Lipinski definition) is 1. The van der Waals surface area contributed by atoms with Crippen molar-refractivity contribution in [1.29, 1.82) is 0 Å². The molecule has 6 heteroatoms. The Bertz CT molecular complexity index is 1120. The van der Waals surface area contributed by atoms with Gasteiger partial charge in [0.05, 0.1) is 11.4 Å². The zero-order valence-electron chi connectivity index (χ0n) is 17.8. The van der Waals surface area contributed by atoms with Crippen LogP contribution in [0.15, 0.2) is 44.0 Å². The van der Waals surface area contributed by atoms with Crippen molar-refractivity contribution in [2.75, 3.05) is 19.6 Å². The van der Waals surface area contributed by atoms with Gasteiger partial charge in [-0.05, 0) is 82.1 Å². The first-order valence-corrected chi connectivity index (χ1v) is 10.6. The summed E-state index contributed by atoms with van der Waals surface area (Å²) < 4.78 is 11.7.